The van der Waals surface area contributed by atoms with Gasteiger partial charge in [0.25, 0.3) is 0 Å². The molecule has 20 heavy (non-hydrogen) atoms. The molecule has 0 amide bonds. The minimum absolute atomic E-state index is 0.251. The van der Waals surface area contributed by atoms with E-state index in [-0.39, 0.29) is 6.61 Å². The molecule has 0 bridgehead atoms. The lowest BCUT2D eigenvalue weighted by atomic mass is 10.1. The molecular formula is C16H16N2O2. The second kappa shape index (κ2) is 6.43. The van der Waals surface area contributed by atoms with E-state index in [4.69, 9.17) is 16.2 Å². The van der Waals surface area contributed by atoms with Crippen LogP contribution in [0.25, 0.3) is 6.08 Å². The van der Waals surface area contributed by atoms with Crippen LogP contribution in [0.4, 0.5) is 11.4 Å². The third-order valence-corrected chi connectivity index (χ3v) is 2.73. The number of hydrogen-bond acceptors (Lipinski definition) is 4. The maximum atomic E-state index is 11.6. The lowest BCUT2D eigenvalue weighted by Gasteiger charge is -2.03. The Labute approximate surface area is 117 Å². The smallest absolute Gasteiger partial charge is 0.331 e. The zero-order valence-electron chi connectivity index (χ0n) is 11.0. The standard InChI is InChI=1S/C16H16N2O2/c17-14-8-6-13(15(18)10-14)7-9-16(19)20-11-12-4-2-1-3-5-12/h1-10H,11,17-18H2. The lowest BCUT2D eigenvalue weighted by molar-refractivity contribution is -0.138. The van der Waals surface area contributed by atoms with Crippen LogP contribution in [-0.4, -0.2) is 5.97 Å². The molecule has 0 fully saturated rings. The van der Waals surface area contributed by atoms with Crippen molar-refractivity contribution in [3.63, 3.8) is 0 Å². The van der Waals surface area contributed by atoms with Gasteiger partial charge in [0.05, 0.1) is 0 Å². The highest BCUT2D eigenvalue weighted by atomic mass is 16.5. The highest BCUT2D eigenvalue weighted by Gasteiger charge is 2.00. The molecule has 102 valence electrons. The SMILES string of the molecule is Nc1ccc(C=CC(=O)OCc2ccccc2)c(N)c1. The zero-order chi connectivity index (χ0) is 14.4. The molecule has 0 saturated heterocycles. The molecule has 0 unspecified atom stereocenters. The van der Waals surface area contributed by atoms with Crippen molar-refractivity contribution in [1.82, 2.24) is 0 Å². The Bertz CT molecular complexity index is 622. The highest BCUT2D eigenvalue weighted by molar-refractivity contribution is 5.88. The number of benzene rings is 2. The van der Waals surface area contributed by atoms with Gasteiger partial charge in [0, 0.05) is 17.5 Å². The topological polar surface area (TPSA) is 78.3 Å². The second-order valence-corrected chi connectivity index (χ2v) is 4.31. The summed E-state index contributed by atoms with van der Waals surface area (Å²) in [6.07, 6.45) is 2.97. The summed E-state index contributed by atoms with van der Waals surface area (Å²) in [6.45, 7) is 0.251. The van der Waals surface area contributed by atoms with Gasteiger partial charge in [-0.05, 0) is 29.3 Å². The summed E-state index contributed by atoms with van der Waals surface area (Å²) in [5.41, 5.74) is 14.2. The highest BCUT2D eigenvalue weighted by Crippen LogP contribution is 2.17. The molecule has 2 aromatic carbocycles. The first-order valence-corrected chi connectivity index (χ1v) is 6.19. The summed E-state index contributed by atoms with van der Waals surface area (Å²) in [5, 5.41) is 0. The van der Waals surface area contributed by atoms with Gasteiger partial charge in [0.1, 0.15) is 6.61 Å². The van der Waals surface area contributed by atoms with Gasteiger partial charge in [-0.2, -0.15) is 0 Å². The molecule has 2 rings (SSSR count). The quantitative estimate of drug-likeness (QED) is 0.507. The Morgan fingerprint density at radius 2 is 1.85 bits per heavy atom. The van der Waals surface area contributed by atoms with Crippen molar-refractivity contribution in [3.05, 3.63) is 65.7 Å². The van der Waals surface area contributed by atoms with E-state index in [9.17, 15) is 4.79 Å². The second-order valence-electron chi connectivity index (χ2n) is 4.31. The number of nitrogens with two attached hydrogens (primary N) is 2. The fourth-order valence-electron chi connectivity index (χ4n) is 1.68. The molecule has 0 radical (unpaired) electrons. The van der Waals surface area contributed by atoms with Crippen molar-refractivity contribution in [2.24, 2.45) is 0 Å². The van der Waals surface area contributed by atoms with E-state index in [0.29, 0.717) is 11.4 Å². The Balaban J connectivity index is 1.92. The predicted octanol–water partition coefficient (Wildman–Crippen LogP) is 2.61. The molecule has 0 aromatic heterocycles. The maximum absolute atomic E-state index is 11.6. The van der Waals surface area contributed by atoms with E-state index >= 15 is 0 Å². The molecular weight excluding hydrogens is 252 g/mol. The summed E-state index contributed by atoms with van der Waals surface area (Å²) in [7, 11) is 0. The van der Waals surface area contributed by atoms with Crippen LogP contribution in [0.3, 0.4) is 0 Å². The van der Waals surface area contributed by atoms with Gasteiger partial charge in [-0.25, -0.2) is 4.79 Å². The van der Waals surface area contributed by atoms with E-state index in [0.717, 1.165) is 11.1 Å². The molecule has 0 saturated carbocycles. The molecule has 4 N–H and O–H groups in total. The Hall–Kier alpha value is -2.75. The number of carbonyl (C=O) groups excluding carboxylic acids is 1. The third kappa shape index (κ3) is 3.88. The lowest BCUT2D eigenvalue weighted by Crippen LogP contribution is -2.00. The monoisotopic (exact) mass is 268 g/mol. The predicted molar refractivity (Wildman–Crippen MR) is 80.5 cm³/mol. The number of anilines is 2. The van der Waals surface area contributed by atoms with Gasteiger partial charge in [0.2, 0.25) is 0 Å². The number of nitrogen functional groups attached to an aromatic ring is 2. The largest absolute Gasteiger partial charge is 0.458 e. The van der Waals surface area contributed by atoms with Crippen LogP contribution in [0.2, 0.25) is 0 Å². The number of carbonyl (C=O) groups is 1. The number of esters is 1. The first kappa shape index (κ1) is 13.7. The average molecular weight is 268 g/mol. The van der Waals surface area contributed by atoms with E-state index in [1.165, 1.54) is 6.08 Å². The molecule has 4 nitrogen and oxygen atoms in total. The molecule has 2 aromatic rings. The molecule has 0 aliphatic rings. The minimum Gasteiger partial charge on any atom is -0.458 e. The molecule has 0 atom stereocenters. The van der Waals surface area contributed by atoms with Crippen molar-refractivity contribution >= 4 is 23.4 Å². The average Bonchev–Trinajstić information content (AvgIpc) is 2.45. The fraction of sp³-hybridized carbons (Fsp3) is 0.0625. The Morgan fingerprint density at radius 3 is 2.55 bits per heavy atom. The van der Waals surface area contributed by atoms with Crippen LogP contribution >= 0.6 is 0 Å². The first-order valence-electron chi connectivity index (χ1n) is 6.19. The van der Waals surface area contributed by atoms with Gasteiger partial charge in [-0.1, -0.05) is 36.4 Å². The van der Waals surface area contributed by atoms with Crippen molar-refractivity contribution < 1.29 is 9.53 Å². The van der Waals surface area contributed by atoms with Crippen molar-refractivity contribution in [2.45, 2.75) is 6.61 Å². The molecule has 0 spiro atoms. The summed E-state index contributed by atoms with van der Waals surface area (Å²) in [5.74, 6) is -0.412. The molecule has 4 heteroatoms. The van der Waals surface area contributed by atoms with E-state index in [2.05, 4.69) is 0 Å². The summed E-state index contributed by atoms with van der Waals surface area (Å²) < 4.78 is 5.12. The normalized spacial score (nSPS) is 10.6. The van der Waals surface area contributed by atoms with E-state index in [1.807, 2.05) is 30.3 Å². The maximum Gasteiger partial charge on any atom is 0.331 e. The van der Waals surface area contributed by atoms with Gasteiger partial charge in [0.15, 0.2) is 0 Å². The number of hydrogen-bond donors (Lipinski definition) is 2. The van der Waals surface area contributed by atoms with Crippen LogP contribution < -0.4 is 11.5 Å². The van der Waals surface area contributed by atoms with Crippen molar-refractivity contribution in [3.8, 4) is 0 Å². The van der Waals surface area contributed by atoms with Gasteiger partial charge in [-0.3, -0.25) is 0 Å². The van der Waals surface area contributed by atoms with Crippen LogP contribution in [0.15, 0.2) is 54.6 Å². The van der Waals surface area contributed by atoms with E-state index in [1.54, 1.807) is 24.3 Å². The van der Waals surface area contributed by atoms with Gasteiger partial charge >= 0.3 is 5.97 Å². The van der Waals surface area contributed by atoms with E-state index < -0.39 is 5.97 Å². The summed E-state index contributed by atoms with van der Waals surface area (Å²) in [6, 6.07) is 14.6. The third-order valence-electron chi connectivity index (χ3n) is 2.73. The van der Waals surface area contributed by atoms with Crippen molar-refractivity contribution in [1.29, 1.82) is 0 Å². The Morgan fingerprint density at radius 1 is 1.10 bits per heavy atom. The fourth-order valence-corrected chi connectivity index (χ4v) is 1.68. The zero-order valence-corrected chi connectivity index (χ0v) is 11.0. The van der Waals surface area contributed by atoms with Gasteiger partial charge in [-0.15, -0.1) is 0 Å². The van der Waals surface area contributed by atoms with Gasteiger partial charge < -0.3 is 16.2 Å². The van der Waals surface area contributed by atoms with Crippen LogP contribution in [0.5, 0.6) is 0 Å². The molecule has 0 aliphatic carbocycles. The molecule has 0 aliphatic heterocycles. The first-order chi connectivity index (χ1) is 9.65. The van der Waals surface area contributed by atoms with Crippen molar-refractivity contribution in [2.75, 3.05) is 11.5 Å². The minimum atomic E-state index is -0.412. The number of ether oxygens (including phenoxy) is 1. The number of rotatable bonds is 4. The molecule has 0 heterocycles. The van der Waals surface area contributed by atoms with Crippen LogP contribution in [-0.2, 0) is 16.1 Å². The Kier molecular flexibility index (Phi) is 4.39. The van der Waals surface area contributed by atoms with Crippen LogP contribution in [0, 0.1) is 0 Å². The van der Waals surface area contributed by atoms with Crippen LogP contribution in [0.1, 0.15) is 11.1 Å². The summed E-state index contributed by atoms with van der Waals surface area (Å²) >= 11 is 0. The summed E-state index contributed by atoms with van der Waals surface area (Å²) in [4.78, 5) is 11.6.